The van der Waals surface area contributed by atoms with Gasteiger partial charge in [0.2, 0.25) is 11.7 Å². The van der Waals surface area contributed by atoms with E-state index in [1.54, 1.807) is 0 Å². The average Bonchev–Trinajstić information content (AvgIpc) is 2.97. The maximum Gasteiger partial charge on any atom is 0.246 e. The molecule has 0 aliphatic carbocycles. The van der Waals surface area contributed by atoms with Crippen LogP contribution in [-0.4, -0.2) is 44.1 Å². The molecule has 0 bridgehead atoms. The summed E-state index contributed by atoms with van der Waals surface area (Å²) < 4.78 is 0.909. The summed E-state index contributed by atoms with van der Waals surface area (Å²) in [4.78, 5) is 15.4. The molecular weight excluding hydrogens is 334 g/mol. The maximum atomic E-state index is 12.2. The molecule has 2 aromatic rings. The summed E-state index contributed by atoms with van der Waals surface area (Å²) in [5.74, 6) is 0.583. The van der Waals surface area contributed by atoms with Gasteiger partial charge in [-0.2, -0.15) is 4.80 Å². The van der Waals surface area contributed by atoms with Gasteiger partial charge in [0.1, 0.15) is 6.54 Å². The highest BCUT2D eigenvalue weighted by Gasteiger charge is 2.18. The van der Waals surface area contributed by atoms with Crippen LogP contribution >= 0.6 is 15.9 Å². The number of piperidine rings is 1. The van der Waals surface area contributed by atoms with Crippen LogP contribution in [0.3, 0.4) is 0 Å². The monoisotopic (exact) mass is 349 g/mol. The van der Waals surface area contributed by atoms with E-state index in [9.17, 15) is 4.79 Å². The number of amides is 1. The van der Waals surface area contributed by atoms with Gasteiger partial charge in [-0.3, -0.25) is 4.79 Å². The minimum absolute atomic E-state index is 0.0609. The fraction of sp³-hybridized carbons (Fsp3) is 0.429. The van der Waals surface area contributed by atoms with E-state index in [4.69, 9.17) is 0 Å². The molecule has 1 amide bonds. The Bertz CT molecular complexity index is 636. The Labute approximate surface area is 131 Å². The summed E-state index contributed by atoms with van der Waals surface area (Å²) in [6.45, 7) is 1.83. The van der Waals surface area contributed by atoms with E-state index in [0.717, 1.165) is 36.0 Å². The Morgan fingerprint density at radius 3 is 2.71 bits per heavy atom. The number of benzene rings is 1. The predicted molar refractivity (Wildman–Crippen MR) is 81.4 cm³/mol. The molecule has 0 radical (unpaired) electrons. The van der Waals surface area contributed by atoms with E-state index in [1.807, 2.05) is 29.2 Å². The van der Waals surface area contributed by atoms with Gasteiger partial charge in [0.25, 0.3) is 0 Å². The Kier molecular flexibility index (Phi) is 4.28. The zero-order valence-corrected chi connectivity index (χ0v) is 13.2. The number of halogens is 1. The topological polar surface area (TPSA) is 63.9 Å². The molecule has 0 atom stereocenters. The molecule has 1 aromatic heterocycles. The van der Waals surface area contributed by atoms with Gasteiger partial charge in [0.15, 0.2) is 0 Å². The van der Waals surface area contributed by atoms with Crippen LogP contribution in [0.1, 0.15) is 19.3 Å². The normalized spacial score (nSPS) is 15.2. The summed E-state index contributed by atoms with van der Waals surface area (Å²) in [6, 6.07) is 7.68. The van der Waals surface area contributed by atoms with Gasteiger partial charge < -0.3 is 4.90 Å². The molecule has 3 rings (SSSR count). The molecule has 0 saturated carbocycles. The zero-order chi connectivity index (χ0) is 14.7. The minimum atomic E-state index is 0.0609. The summed E-state index contributed by atoms with van der Waals surface area (Å²) >= 11 is 3.46. The number of likely N-dealkylation sites (tertiary alicyclic amines) is 1. The number of aromatic nitrogens is 4. The highest BCUT2D eigenvalue weighted by atomic mass is 79.9. The van der Waals surface area contributed by atoms with Crippen molar-refractivity contribution in [1.29, 1.82) is 0 Å². The average molecular weight is 350 g/mol. The van der Waals surface area contributed by atoms with E-state index >= 15 is 0 Å². The van der Waals surface area contributed by atoms with Crippen LogP contribution in [-0.2, 0) is 11.3 Å². The van der Waals surface area contributed by atoms with Crippen molar-refractivity contribution >= 4 is 21.8 Å². The van der Waals surface area contributed by atoms with E-state index in [2.05, 4.69) is 31.3 Å². The van der Waals surface area contributed by atoms with Crippen LogP contribution in [0, 0.1) is 0 Å². The first-order chi connectivity index (χ1) is 10.2. The summed E-state index contributed by atoms with van der Waals surface area (Å²) in [6.07, 6.45) is 3.37. The van der Waals surface area contributed by atoms with Gasteiger partial charge in [-0.15, -0.1) is 10.2 Å². The van der Waals surface area contributed by atoms with Gasteiger partial charge in [-0.05, 0) is 36.6 Å². The predicted octanol–water partition coefficient (Wildman–Crippen LogP) is 2.12. The van der Waals surface area contributed by atoms with E-state index < -0.39 is 0 Å². The Balaban J connectivity index is 1.70. The van der Waals surface area contributed by atoms with Crippen molar-refractivity contribution in [1.82, 2.24) is 25.1 Å². The van der Waals surface area contributed by atoms with Crippen LogP contribution in [0.25, 0.3) is 11.4 Å². The fourth-order valence-electron chi connectivity index (χ4n) is 2.42. The molecule has 1 fully saturated rings. The lowest BCUT2D eigenvalue weighted by atomic mass is 10.1. The SMILES string of the molecule is O=C(Cn1nnc(-c2ccccc2Br)n1)N1CCCCC1. The second-order valence-corrected chi connectivity index (χ2v) is 5.92. The van der Waals surface area contributed by atoms with Crippen molar-refractivity contribution < 1.29 is 4.79 Å². The second-order valence-electron chi connectivity index (χ2n) is 5.06. The number of rotatable bonds is 3. The molecular formula is C14H16BrN5O. The fourth-order valence-corrected chi connectivity index (χ4v) is 2.89. The standard InChI is InChI=1S/C14H16BrN5O/c15-12-7-3-2-6-11(12)14-16-18-20(17-14)10-13(21)19-8-4-1-5-9-19/h2-3,6-7H,1,4-5,8-10H2. The van der Waals surface area contributed by atoms with Crippen LogP contribution in [0.5, 0.6) is 0 Å². The van der Waals surface area contributed by atoms with Crippen molar-refractivity contribution in [3.05, 3.63) is 28.7 Å². The number of hydrogen-bond acceptors (Lipinski definition) is 4. The molecule has 1 aliphatic rings. The van der Waals surface area contributed by atoms with Gasteiger partial charge in [-0.1, -0.05) is 28.1 Å². The first-order valence-corrected chi connectivity index (χ1v) is 7.84. The first-order valence-electron chi connectivity index (χ1n) is 7.04. The highest BCUT2D eigenvalue weighted by Crippen LogP contribution is 2.24. The molecule has 21 heavy (non-hydrogen) atoms. The smallest absolute Gasteiger partial charge is 0.246 e. The van der Waals surface area contributed by atoms with E-state index in [-0.39, 0.29) is 12.5 Å². The Morgan fingerprint density at radius 2 is 1.95 bits per heavy atom. The minimum Gasteiger partial charge on any atom is -0.341 e. The highest BCUT2D eigenvalue weighted by molar-refractivity contribution is 9.10. The number of hydrogen-bond donors (Lipinski definition) is 0. The number of tetrazole rings is 1. The third-order valence-electron chi connectivity index (χ3n) is 3.55. The molecule has 0 unspecified atom stereocenters. The lowest BCUT2D eigenvalue weighted by Crippen LogP contribution is -2.38. The molecule has 2 heterocycles. The van der Waals surface area contributed by atoms with E-state index in [0.29, 0.717) is 5.82 Å². The molecule has 7 heteroatoms. The van der Waals surface area contributed by atoms with Crippen LogP contribution in [0.2, 0.25) is 0 Å². The number of carbonyl (C=O) groups is 1. The lowest BCUT2D eigenvalue weighted by Gasteiger charge is -2.26. The molecule has 6 nitrogen and oxygen atoms in total. The zero-order valence-electron chi connectivity index (χ0n) is 11.6. The van der Waals surface area contributed by atoms with Gasteiger partial charge in [-0.25, -0.2) is 0 Å². The third-order valence-corrected chi connectivity index (χ3v) is 4.24. The van der Waals surface area contributed by atoms with Crippen LogP contribution in [0.4, 0.5) is 0 Å². The van der Waals surface area contributed by atoms with Crippen molar-refractivity contribution in [2.45, 2.75) is 25.8 Å². The van der Waals surface area contributed by atoms with Crippen molar-refractivity contribution in [2.75, 3.05) is 13.1 Å². The molecule has 1 aromatic carbocycles. The molecule has 0 spiro atoms. The molecule has 1 aliphatic heterocycles. The Hall–Kier alpha value is -1.76. The first kappa shape index (κ1) is 14.2. The Morgan fingerprint density at radius 1 is 1.19 bits per heavy atom. The maximum absolute atomic E-state index is 12.2. The lowest BCUT2D eigenvalue weighted by molar-refractivity contribution is -0.133. The van der Waals surface area contributed by atoms with Crippen LogP contribution < -0.4 is 0 Å². The molecule has 0 N–H and O–H groups in total. The summed E-state index contributed by atoms with van der Waals surface area (Å²) in [5.41, 5.74) is 0.870. The van der Waals surface area contributed by atoms with Crippen molar-refractivity contribution in [3.63, 3.8) is 0 Å². The van der Waals surface area contributed by atoms with Gasteiger partial charge in [0.05, 0.1) is 0 Å². The molecule has 1 saturated heterocycles. The van der Waals surface area contributed by atoms with Gasteiger partial charge in [0, 0.05) is 23.1 Å². The van der Waals surface area contributed by atoms with E-state index in [1.165, 1.54) is 11.2 Å². The molecule has 110 valence electrons. The second kappa shape index (κ2) is 6.34. The number of carbonyl (C=O) groups excluding carboxylic acids is 1. The summed E-state index contributed by atoms with van der Waals surface area (Å²) in [7, 11) is 0. The summed E-state index contributed by atoms with van der Waals surface area (Å²) in [5, 5.41) is 12.3. The number of nitrogens with zero attached hydrogens (tertiary/aromatic N) is 5. The third kappa shape index (κ3) is 3.29. The largest absolute Gasteiger partial charge is 0.341 e. The van der Waals surface area contributed by atoms with Gasteiger partial charge >= 0.3 is 0 Å². The van der Waals surface area contributed by atoms with Crippen LogP contribution in [0.15, 0.2) is 28.7 Å². The van der Waals surface area contributed by atoms with Crippen molar-refractivity contribution in [3.8, 4) is 11.4 Å². The van der Waals surface area contributed by atoms with Crippen molar-refractivity contribution in [2.24, 2.45) is 0 Å². The quantitative estimate of drug-likeness (QED) is 0.851.